The van der Waals surface area contributed by atoms with Crippen LogP contribution in [-0.4, -0.2) is 48.0 Å². The number of benzene rings is 1. The van der Waals surface area contributed by atoms with E-state index in [-0.39, 0.29) is 18.6 Å². The SMILES string of the molecule is O=C(NCCCSc1ccccc1)N1CCCC(CO)C1. The molecule has 2 rings (SSSR count). The number of hydrogen-bond donors (Lipinski definition) is 2. The number of carbonyl (C=O) groups is 1. The maximum absolute atomic E-state index is 12.0. The zero-order chi connectivity index (χ0) is 14.9. The topological polar surface area (TPSA) is 52.6 Å². The van der Waals surface area contributed by atoms with Crippen molar-refractivity contribution in [1.82, 2.24) is 10.2 Å². The highest BCUT2D eigenvalue weighted by Gasteiger charge is 2.22. The third kappa shape index (κ3) is 5.59. The predicted molar refractivity (Wildman–Crippen MR) is 86.6 cm³/mol. The van der Waals surface area contributed by atoms with E-state index in [1.807, 2.05) is 34.9 Å². The van der Waals surface area contributed by atoms with E-state index in [4.69, 9.17) is 0 Å². The normalized spacial score (nSPS) is 18.5. The Morgan fingerprint density at radius 3 is 2.95 bits per heavy atom. The van der Waals surface area contributed by atoms with Crippen molar-refractivity contribution in [3.8, 4) is 0 Å². The van der Waals surface area contributed by atoms with Gasteiger partial charge in [0.25, 0.3) is 0 Å². The molecule has 0 radical (unpaired) electrons. The average molecular weight is 308 g/mol. The second-order valence-corrected chi connectivity index (χ2v) is 6.55. The van der Waals surface area contributed by atoms with E-state index in [0.29, 0.717) is 13.1 Å². The smallest absolute Gasteiger partial charge is 0.317 e. The Morgan fingerprint density at radius 1 is 1.38 bits per heavy atom. The third-order valence-electron chi connectivity index (χ3n) is 3.67. The molecule has 1 heterocycles. The van der Waals surface area contributed by atoms with Crippen LogP contribution in [0, 0.1) is 5.92 Å². The Hall–Kier alpha value is -1.20. The van der Waals surface area contributed by atoms with Crippen LogP contribution in [0.1, 0.15) is 19.3 Å². The molecule has 2 N–H and O–H groups in total. The first-order valence-corrected chi connectivity index (χ1v) is 8.59. The molecule has 1 aromatic carbocycles. The molecule has 5 heteroatoms. The minimum atomic E-state index is 0.0119. The monoisotopic (exact) mass is 308 g/mol. The van der Waals surface area contributed by atoms with E-state index in [1.165, 1.54) is 4.90 Å². The lowest BCUT2D eigenvalue weighted by Crippen LogP contribution is -2.46. The third-order valence-corrected chi connectivity index (χ3v) is 4.77. The summed E-state index contributed by atoms with van der Waals surface area (Å²) >= 11 is 1.81. The van der Waals surface area contributed by atoms with Gasteiger partial charge < -0.3 is 15.3 Å². The molecule has 1 saturated heterocycles. The molecule has 0 aliphatic carbocycles. The summed E-state index contributed by atoms with van der Waals surface area (Å²) < 4.78 is 0. The number of nitrogens with one attached hydrogen (secondary N) is 1. The van der Waals surface area contributed by atoms with Crippen molar-refractivity contribution in [2.75, 3.05) is 32.0 Å². The molecule has 0 saturated carbocycles. The molecule has 1 fully saturated rings. The summed E-state index contributed by atoms with van der Waals surface area (Å²) in [6.07, 6.45) is 2.97. The fraction of sp³-hybridized carbons (Fsp3) is 0.562. The summed E-state index contributed by atoms with van der Waals surface area (Å²) in [6.45, 7) is 2.37. The number of amides is 2. The Balaban J connectivity index is 1.59. The molecule has 0 bridgehead atoms. The molecule has 1 aromatic rings. The number of rotatable bonds is 6. The van der Waals surface area contributed by atoms with Gasteiger partial charge in [0, 0.05) is 31.1 Å². The molecule has 1 aliphatic rings. The number of aliphatic hydroxyl groups excluding tert-OH is 1. The largest absolute Gasteiger partial charge is 0.396 e. The van der Waals surface area contributed by atoms with E-state index >= 15 is 0 Å². The van der Waals surface area contributed by atoms with Crippen LogP contribution < -0.4 is 5.32 Å². The Bertz CT molecular complexity index is 428. The Morgan fingerprint density at radius 2 is 2.19 bits per heavy atom. The minimum Gasteiger partial charge on any atom is -0.396 e. The molecule has 1 atom stereocenters. The van der Waals surface area contributed by atoms with E-state index in [0.717, 1.165) is 31.6 Å². The van der Waals surface area contributed by atoms with Crippen molar-refractivity contribution in [3.05, 3.63) is 30.3 Å². The van der Waals surface area contributed by atoms with Gasteiger partial charge in [-0.25, -0.2) is 4.79 Å². The zero-order valence-corrected chi connectivity index (χ0v) is 13.1. The molecule has 21 heavy (non-hydrogen) atoms. The van der Waals surface area contributed by atoms with Crippen LogP contribution in [0.25, 0.3) is 0 Å². The quantitative estimate of drug-likeness (QED) is 0.627. The molecular weight excluding hydrogens is 284 g/mol. The lowest BCUT2D eigenvalue weighted by molar-refractivity contribution is 0.129. The average Bonchev–Trinajstić information content (AvgIpc) is 2.55. The summed E-state index contributed by atoms with van der Waals surface area (Å²) in [7, 11) is 0. The first-order valence-electron chi connectivity index (χ1n) is 7.61. The number of thioether (sulfide) groups is 1. The van der Waals surface area contributed by atoms with Crippen LogP contribution >= 0.6 is 11.8 Å². The van der Waals surface area contributed by atoms with Gasteiger partial charge in [-0.05, 0) is 43.1 Å². The highest BCUT2D eigenvalue weighted by Crippen LogP contribution is 2.18. The highest BCUT2D eigenvalue weighted by molar-refractivity contribution is 7.99. The van der Waals surface area contributed by atoms with E-state index in [2.05, 4.69) is 17.4 Å². The number of hydrogen-bond acceptors (Lipinski definition) is 3. The molecule has 116 valence electrons. The van der Waals surface area contributed by atoms with Gasteiger partial charge >= 0.3 is 6.03 Å². The van der Waals surface area contributed by atoms with Crippen molar-refractivity contribution in [2.24, 2.45) is 5.92 Å². The van der Waals surface area contributed by atoms with Gasteiger partial charge in [-0.15, -0.1) is 11.8 Å². The van der Waals surface area contributed by atoms with Crippen LogP contribution in [0.4, 0.5) is 4.79 Å². The molecule has 1 aliphatic heterocycles. The summed E-state index contributed by atoms with van der Waals surface area (Å²) in [6, 6.07) is 10.3. The fourth-order valence-electron chi connectivity index (χ4n) is 2.48. The van der Waals surface area contributed by atoms with E-state index < -0.39 is 0 Å². The molecular formula is C16H24N2O2S. The van der Waals surface area contributed by atoms with Crippen LogP contribution in [-0.2, 0) is 0 Å². The fourth-order valence-corrected chi connectivity index (χ4v) is 3.36. The van der Waals surface area contributed by atoms with Crippen molar-refractivity contribution in [2.45, 2.75) is 24.2 Å². The molecule has 2 amide bonds. The van der Waals surface area contributed by atoms with E-state index in [9.17, 15) is 9.90 Å². The van der Waals surface area contributed by atoms with Crippen molar-refractivity contribution < 1.29 is 9.90 Å². The predicted octanol–water partition coefficient (Wildman–Crippen LogP) is 2.58. The van der Waals surface area contributed by atoms with Gasteiger partial charge in [0.2, 0.25) is 0 Å². The van der Waals surface area contributed by atoms with Gasteiger partial charge in [-0.1, -0.05) is 18.2 Å². The maximum atomic E-state index is 12.0. The second-order valence-electron chi connectivity index (χ2n) is 5.38. The molecule has 4 nitrogen and oxygen atoms in total. The maximum Gasteiger partial charge on any atom is 0.317 e. The van der Waals surface area contributed by atoms with Gasteiger partial charge in [0.05, 0.1) is 0 Å². The van der Waals surface area contributed by atoms with Gasteiger partial charge in [0.1, 0.15) is 0 Å². The lowest BCUT2D eigenvalue weighted by atomic mass is 9.99. The summed E-state index contributed by atoms with van der Waals surface area (Å²) in [5.74, 6) is 1.25. The van der Waals surface area contributed by atoms with Crippen molar-refractivity contribution in [1.29, 1.82) is 0 Å². The van der Waals surface area contributed by atoms with Gasteiger partial charge in [0.15, 0.2) is 0 Å². The number of urea groups is 1. The highest BCUT2D eigenvalue weighted by atomic mass is 32.2. The lowest BCUT2D eigenvalue weighted by Gasteiger charge is -2.31. The first kappa shape index (κ1) is 16.2. The minimum absolute atomic E-state index is 0.0119. The van der Waals surface area contributed by atoms with Crippen LogP contribution in [0.2, 0.25) is 0 Å². The van der Waals surface area contributed by atoms with Crippen LogP contribution in [0.5, 0.6) is 0 Å². The standard InChI is InChI=1S/C16H24N2O2S/c19-13-14-6-4-10-18(12-14)16(20)17-9-5-11-21-15-7-2-1-3-8-15/h1-3,7-8,14,19H,4-6,9-13H2,(H,17,20). The van der Waals surface area contributed by atoms with Crippen molar-refractivity contribution in [3.63, 3.8) is 0 Å². The molecule has 1 unspecified atom stereocenters. The molecule has 0 aromatic heterocycles. The van der Waals surface area contributed by atoms with Crippen LogP contribution in [0.15, 0.2) is 35.2 Å². The Labute approximate surface area is 130 Å². The summed E-state index contributed by atoms with van der Waals surface area (Å²) in [4.78, 5) is 15.1. The van der Waals surface area contributed by atoms with E-state index in [1.54, 1.807) is 0 Å². The summed E-state index contributed by atoms with van der Waals surface area (Å²) in [5.41, 5.74) is 0. The number of piperidine rings is 1. The zero-order valence-electron chi connectivity index (χ0n) is 12.3. The number of carbonyl (C=O) groups excluding carboxylic acids is 1. The molecule has 0 spiro atoms. The number of likely N-dealkylation sites (tertiary alicyclic amines) is 1. The van der Waals surface area contributed by atoms with Gasteiger partial charge in [-0.2, -0.15) is 0 Å². The summed E-state index contributed by atoms with van der Waals surface area (Å²) in [5, 5.41) is 12.2. The van der Waals surface area contributed by atoms with Crippen molar-refractivity contribution >= 4 is 17.8 Å². The Kier molecular flexibility index (Phi) is 6.89. The number of aliphatic hydroxyl groups is 1. The first-order chi connectivity index (χ1) is 10.3. The van der Waals surface area contributed by atoms with Gasteiger partial charge in [-0.3, -0.25) is 0 Å². The van der Waals surface area contributed by atoms with Crippen LogP contribution in [0.3, 0.4) is 0 Å². The second kappa shape index (κ2) is 8.95. The number of nitrogens with zero attached hydrogens (tertiary/aromatic N) is 1.